The Balaban J connectivity index is 0.000000280. The molecule has 0 amide bonds. The Bertz CT molecular complexity index is 1500. The number of rotatable bonds is 18. The van der Waals surface area contributed by atoms with Crippen LogP contribution >= 0.6 is 0 Å². The summed E-state index contributed by atoms with van der Waals surface area (Å²) in [4.78, 5) is 0.684. The maximum absolute atomic E-state index is 11.6. The third kappa shape index (κ3) is 14.2. The molecule has 0 heterocycles. The second-order valence-corrected chi connectivity index (χ2v) is 15.5. The Morgan fingerprint density at radius 1 is 0.596 bits per heavy atom. The molecule has 6 unspecified atom stereocenters. The SMILES string of the molecule is COc1ccc(CCC(C)NCC(O)c2ccc(O)c([S+](C)[O-])c2)cc1.COc1ccc(CCC(C)NCC(O)c2ccc(O)c([S+](C)[O-])c2)cc1. The Hall–Kier alpha value is -3.46. The number of aliphatic hydroxyl groups excluding tert-OH is 2. The van der Waals surface area contributed by atoms with Crippen molar-refractivity contribution in [2.45, 2.75) is 73.6 Å². The molecule has 0 aliphatic heterocycles. The van der Waals surface area contributed by atoms with Crippen LogP contribution in [0.15, 0.2) is 94.7 Å². The summed E-state index contributed by atoms with van der Waals surface area (Å²) < 4.78 is 33.5. The number of aryl methyl sites for hydroxylation is 2. The normalized spacial score (nSPS) is 14.7. The zero-order chi connectivity index (χ0) is 38.2. The standard InChI is InChI=1S/2C20H27NO4S/c2*1-14(4-5-15-6-9-17(25-2)10-7-15)21-13-19(23)16-8-11-18(22)20(12-16)26(3)24/h2*6-12,14,19,21-23H,4-5,13H2,1-3H3. The van der Waals surface area contributed by atoms with E-state index in [-0.39, 0.29) is 23.6 Å². The molecule has 0 spiro atoms. The van der Waals surface area contributed by atoms with Gasteiger partial charge in [-0.15, -0.1) is 0 Å². The molecule has 0 bridgehead atoms. The summed E-state index contributed by atoms with van der Waals surface area (Å²) in [6.45, 7) is 4.95. The molecule has 0 saturated heterocycles. The molecule has 4 rings (SSSR count). The fourth-order valence-electron chi connectivity index (χ4n) is 5.35. The molecule has 0 saturated carbocycles. The van der Waals surface area contributed by atoms with Crippen molar-refractivity contribution in [1.82, 2.24) is 10.6 Å². The van der Waals surface area contributed by atoms with Crippen molar-refractivity contribution in [2.75, 3.05) is 39.8 Å². The van der Waals surface area contributed by atoms with Crippen LogP contribution in [0.25, 0.3) is 0 Å². The predicted molar refractivity (Wildman–Crippen MR) is 208 cm³/mol. The summed E-state index contributed by atoms with van der Waals surface area (Å²) in [5.41, 5.74) is 3.77. The lowest BCUT2D eigenvalue weighted by Gasteiger charge is -2.18. The second kappa shape index (κ2) is 21.9. The fourth-order valence-corrected chi connectivity index (χ4v) is 6.68. The minimum Gasteiger partial charge on any atom is -0.612 e. The van der Waals surface area contributed by atoms with E-state index in [1.165, 1.54) is 35.8 Å². The van der Waals surface area contributed by atoms with Crippen LogP contribution in [0.2, 0.25) is 0 Å². The first-order valence-electron chi connectivity index (χ1n) is 17.2. The van der Waals surface area contributed by atoms with Gasteiger partial charge in [0.2, 0.25) is 0 Å². The number of benzene rings is 4. The van der Waals surface area contributed by atoms with Gasteiger partial charge in [-0.05, 0) is 121 Å². The van der Waals surface area contributed by atoms with Gasteiger partial charge in [0.25, 0.3) is 0 Å². The van der Waals surface area contributed by atoms with Crippen LogP contribution < -0.4 is 20.1 Å². The Morgan fingerprint density at radius 2 is 0.942 bits per heavy atom. The molecule has 0 radical (unpaired) electrons. The monoisotopic (exact) mass is 754 g/mol. The molecule has 0 aromatic heterocycles. The van der Waals surface area contributed by atoms with Gasteiger partial charge in [0.1, 0.15) is 24.0 Å². The number of ether oxygens (including phenoxy) is 2. The number of hydrogen-bond acceptors (Lipinski definition) is 10. The number of hydrogen-bond donors (Lipinski definition) is 6. The van der Waals surface area contributed by atoms with E-state index in [1.54, 1.807) is 38.5 Å². The average molecular weight is 755 g/mol. The van der Waals surface area contributed by atoms with Gasteiger partial charge in [0, 0.05) is 37.3 Å². The lowest BCUT2D eigenvalue weighted by Crippen LogP contribution is -2.30. The van der Waals surface area contributed by atoms with E-state index in [4.69, 9.17) is 9.47 Å². The number of methoxy groups -OCH3 is 2. The molecule has 0 aliphatic rings. The summed E-state index contributed by atoms with van der Waals surface area (Å²) in [5.74, 6) is 1.68. The van der Waals surface area contributed by atoms with Crippen LogP contribution in [0.4, 0.5) is 0 Å². The Morgan fingerprint density at radius 3 is 1.25 bits per heavy atom. The third-order valence-corrected chi connectivity index (χ3v) is 10.6. The van der Waals surface area contributed by atoms with Gasteiger partial charge in [-0.2, -0.15) is 0 Å². The number of phenols is 2. The lowest BCUT2D eigenvalue weighted by molar-refractivity contribution is 0.169. The summed E-state index contributed by atoms with van der Waals surface area (Å²) >= 11 is -2.59. The number of aromatic hydroxyl groups is 2. The molecular weight excluding hydrogens is 701 g/mol. The van der Waals surface area contributed by atoms with E-state index >= 15 is 0 Å². The van der Waals surface area contributed by atoms with Gasteiger partial charge in [0.05, 0.1) is 26.4 Å². The molecule has 0 fully saturated rings. The first-order chi connectivity index (χ1) is 24.8. The maximum Gasteiger partial charge on any atom is 0.194 e. The van der Waals surface area contributed by atoms with Gasteiger partial charge in [-0.3, -0.25) is 0 Å². The van der Waals surface area contributed by atoms with Crippen LogP contribution in [-0.4, -0.2) is 81.4 Å². The topological polar surface area (TPSA) is 170 Å². The highest BCUT2D eigenvalue weighted by atomic mass is 32.2. The van der Waals surface area contributed by atoms with Gasteiger partial charge < -0.3 is 49.6 Å². The molecule has 4 aromatic carbocycles. The molecule has 6 atom stereocenters. The molecule has 4 aromatic rings. The van der Waals surface area contributed by atoms with E-state index in [2.05, 4.69) is 48.7 Å². The molecule has 10 nitrogen and oxygen atoms in total. The number of phenolic OH excluding ortho intramolecular Hbond substituents is 2. The van der Waals surface area contributed by atoms with E-state index in [0.29, 0.717) is 34.0 Å². The predicted octanol–water partition coefficient (Wildman–Crippen LogP) is 5.57. The zero-order valence-electron chi connectivity index (χ0n) is 30.9. The van der Waals surface area contributed by atoms with E-state index in [0.717, 1.165) is 37.2 Å². The fraction of sp³-hybridized carbons (Fsp3) is 0.400. The minimum atomic E-state index is -1.30. The third-order valence-electron chi connectivity index (χ3n) is 8.73. The largest absolute Gasteiger partial charge is 0.612 e. The lowest BCUT2D eigenvalue weighted by atomic mass is 10.1. The first kappa shape index (κ1) is 42.9. The van der Waals surface area contributed by atoms with Crippen LogP contribution in [-0.2, 0) is 35.2 Å². The van der Waals surface area contributed by atoms with Crippen molar-refractivity contribution in [3.63, 3.8) is 0 Å². The van der Waals surface area contributed by atoms with Crippen LogP contribution in [0.5, 0.6) is 23.0 Å². The summed E-state index contributed by atoms with van der Waals surface area (Å²) in [5, 5.41) is 46.8. The van der Waals surface area contributed by atoms with Gasteiger partial charge in [-0.1, -0.05) is 36.4 Å². The highest BCUT2D eigenvalue weighted by Gasteiger charge is 2.18. The molecule has 6 N–H and O–H groups in total. The van der Waals surface area contributed by atoms with Crippen molar-refractivity contribution in [1.29, 1.82) is 0 Å². The van der Waals surface area contributed by atoms with Crippen LogP contribution in [0.3, 0.4) is 0 Å². The minimum absolute atomic E-state index is 0.0115. The molecule has 284 valence electrons. The van der Waals surface area contributed by atoms with Gasteiger partial charge in [-0.25, -0.2) is 0 Å². The Labute approximate surface area is 314 Å². The number of nitrogens with one attached hydrogen (secondary N) is 2. The maximum atomic E-state index is 11.6. The van der Waals surface area contributed by atoms with Crippen molar-refractivity contribution in [3.8, 4) is 23.0 Å². The summed E-state index contributed by atoms with van der Waals surface area (Å²) in [6.07, 6.45) is 5.33. The average Bonchev–Trinajstić information content (AvgIpc) is 3.15. The highest BCUT2D eigenvalue weighted by molar-refractivity contribution is 7.91. The Kier molecular flexibility index (Phi) is 18.1. The summed E-state index contributed by atoms with van der Waals surface area (Å²) in [6, 6.07) is 26.0. The van der Waals surface area contributed by atoms with E-state index in [9.17, 15) is 29.5 Å². The van der Waals surface area contributed by atoms with Crippen molar-refractivity contribution in [3.05, 3.63) is 107 Å². The first-order valence-corrected chi connectivity index (χ1v) is 20.3. The zero-order valence-corrected chi connectivity index (χ0v) is 32.5. The van der Waals surface area contributed by atoms with Crippen molar-refractivity contribution < 1.29 is 39.0 Å². The second-order valence-electron chi connectivity index (χ2n) is 12.8. The van der Waals surface area contributed by atoms with Crippen molar-refractivity contribution >= 4 is 22.4 Å². The molecular formula is C40H54N2O8S2. The molecule has 12 heteroatoms. The van der Waals surface area contributed by atoms with E-state index < -0.39 is 34.6 Å². The van der Waals surface area contributed by atoms with Crippen LogP contribution in [0.1, 0.15) is 61.2 Å². The molecule has 52 heavy (non-hydrogen) atoms. The number of aliphatic hydroxyl groups is 2. The van der Waals surface area contributed by atoms with E-state index in [1.807, 2.05) is 24.3 Å². The van der Waals surface area contributed by atoms with Gasteiger partial charge >= 0.3 is 0 Å². The van der Waals surface area contributed by atoms with Crippen LogP contribution in [0, 0.1) is 0 Å². The van der Waals surface area contributed by atoms with Gasteiger partial charge in [0.15, 0.2) is 21.3 Å². The highest BCUT2D eigenvalue weighted by Crippen LogP contribution is 2.27. The smallest absolute Gasteiger partial charge is 0.194 e. The van der Waals surface area contributed by atoms with Crippen molar-refractivity contribution in [2.24, 2.45) is 0 Å². The quantitative estimate of drug-likeness (QED) is 0.0707. The molecule has 0 aliphatic carbocycles. The summed E-state index contributed by atoms with van der Waals surface area (Å²) in [7, 11) is 3.31.